The lowest BCUT2D eigenvalue weighted by Gasteiger charge is -2.01. The number of aromatic nitrogens is 2. The molecule has 4 aromatic rings. The van der Waals surface area contributed by atoms with Crippen molar-refractivity contribution in [2.75, 3.05) is 11.9 Å². The van der Waals surface area contributed by atoms with E-state index in [2.05, 4.69) is 25.8 Å². The molecule has 8 heteroatoms. The van der Waals surface area contributed by atoms with Crippen LogP contribution in [0.25, 0.3) is 21.1 Å². The topological polar surface area (TPSA) is 99.2 Å². The molecule has 3 N–H and O–H groups in total. The third kappa shape index (κ3) is 3.85. The highest BCUT2D eigenvalue weighted by atomic mass is 32.1. The summed E-state index contributed by atoms with van der Waals surface area (Å²) in [5.74, 6) is -0.331. The molecule has 0 radical (unpaired) electrons. The van der Waals surface area contributed by atoms with Crippen molar-refractivity contribution in [1.29, 1.82) is 0 Å². The van der Waals surface area contributed by atoms with Crippen LogP contribution in [0.2, 0.25) is 0 Å². The number of carbonyl (C=O) groups is 1. The van der Waals surface area contributed by atoms with Crippen molar-refractivity contribution >= 4 is 49.7 Å². The Morgan fingerprint density at radius 2 is 2.00 bits per heavy atom. The lowest BCUT2D eigenvalue weighted by molar-refractivity contribution is -0.119. The Balaban J connectivity index is 1.37. The normalized spacial score (nSPS) is 11.3. The highest BCUT2D eigenvalue weighted by molar-refractivity contribution is 7.22. The largest absolute Gasteiger partial charge is 0.352 e. The van der Waals surface area contributed by atoms with Gasteiger partial charge in [-0.3, -0.25) is 9.59 Å². The van der Waals surface area contributed by atoms with Crippen molar-refractivity contribution < 1.29 is 4.79 Å². The predicted molar refractivity (Wildman–Crippen MR) is 108 cm³/mol. The Bertz CT molecular complexity index is 1180. The van der Waals surface area contributed by atoms with Crippen molar-refractivity contribution in [2.24, 2.45) is 5.10 Å². The van der Waals surface area contributed by atoms with Crippen LogP contribution in [-0.2, 0) is 4.79 Å². The third-order valence-corrected chi connectivity index (χ3v) is 4.86. The number of aromatic amines is 1. The maximum atomic E-state index is 12.0. The van der Waals surface area contributed by atoms with E-state index in [-0.39, 0.29) is 18.0 Å². The summed E-state index contributed by atoms with van der Waals surface area (Å²) >= 11 is 1.48. The Morgan fingerprint density at radius 3 is 2.89 bits per heavy atom. The van der Waals surface area contributed by atoms with Gasteiger partial charge < -0.3 is 10.3 Å². The first kappa shape index (κ1) is 16.9. The molecule has 7 nitrogen and oxygen atoms in total. The third-order valence-electron chi connectivity index (χ3n) is 3.87. The number of carbonyl (C=O) groups excluding carboxylic acids is 1. The Hall–Kier alpha value is -3.52. The minimum absolute atomic E-state index is 0.0330. The van der Waals surface area contributed by atoms with E-state index in [1.807, 2.05) is 48.5 Å². The molecule has 0 atom stereocenters. The highest BCUT2D eigenvalue weighted by Crippen LogP contribution is 2.24. The molecule has 2 aromatic carbocycles. The number of nitrogens with one attached hydrogen (secondary N) is 3. The number of rotatable bonds is 5. The SMILES string of the molecule is O=C(CNc1nc2ccccc2s1)N/N=C/c1cc2ccccc2[nH]c1=O. The van der Waals surface area contributed by atoms with E-state index in [4.69, 9.17) is 0 Å². The van der Waals surface area contributed by atoms with Crippen LogP contribution in [0.4, 0.5) is 5.13 Å². The molecule has 0 saturated heterocycles. The minimum Gasteiger partial charge on any atom is -0.352 e. The van der Waals surface area contributed by atoms with Gasteiger partial charge in [-0.15, -0.1) is 0 Å². The summed E-state index contributed by atoms with van der Waals surface area (Å²) in [4.78, 5) is 31.1. The molecular weight excluding hydrogens is 362 g/mol. The molecule has 1 amide bonds. The van der Waals surface area contributed by atoms with Crippen molar-refractivity contribution in [3.8, 4) is 0 Å². The summed E-state index contributed by atoms with van der Waals surface area (Å²) in [5, 5.41) is 8.39. The molecule has 0 fully saturated rings. The zero-order chi connectivity index (χ0) is 18.6. The molecule has 2 aromatic heterocycles. The van der Waals surface area contributed by atoms with Crippen LogP contribution in [-0.4, -0.2) is 28.6 Å². The van der Waals surface area contributed by atoms with E-state index in [1.165, 1.54) is 17.6 Å². The maximum absolute atomic E-state index is 12.0. The quantitative estimate of drug-likeness (QED) is 0.368. The standard InChI is InChI=1S/C19H15N5O2S/c25-17(11-20-19-23-15-7-3-4-8-16(15)27-19)24-21-10-13-9-12-5-1-2-6-14(12)22-18(13)26/h1-10H,11H2,(H,20,23)(H,22,26)(H,24,25)/b21-10+. The van der Waals surface area contributed by atoms with Gasteiger partial charge in [-0.25, -0.2) is 10.4 Å². The van der Waals surface area contributed by atoms with Gasteiger partial charge >= 0.3 is 0 Å². The van der Waals surface area contributed by atoms with Crippen LogP contribution in [0.1, 0.15) is 5.56 Å². The zero-order valence-corrected chi connectivity index (χ0v) is 14.9. The van der Waals surface area contributed by atoms with E-state index < -0.39 is 0 Å². The number of H-pyrrole nitrogens is 1. The summed E-state index contributed by atoms with van der Waals surface area (Å²) in [6.45, 7) is 0.0330. The van der Waals surface area contributed by atoms with Gasteiger partial charge in [0.25, 0.3) is 11.5 Å². The summed E-state index contributed by atoms with van der Waals surface area (Å²) < 4.78 is 1.05. The first-order valence-corrected chi connectivity index (χ1v) is 9.04. The fourth-order valence-corrected chi connectivity index (χ4v) is 3.44. The summed E-state index contributed by atoms with van der Waals surface area (Å²) in [6, 6.07) is 16.9. The summed E-state index contributed by atoms with van der Waals surface area (Å²) in [5.41, 5.74) is 4.15. The average Bonchev–Trinajstić information content (AvgIpc) is 3.10. The lowest BCUT2D eigenvalue weighted by atomic mass is 10.2. The lowest BCUT2D eigenvalue weighted by Crippen LogP contribution is -2.26. The second-order valence-corrected chi connectivity index (χ2v) is 6.81. The molecule has 0 aliphatic rings. The van der Waals surface area contributed by atoms with E-state index in [9.17, 15) is 9.59 Å². The number of amides is 1. The van der Waals surface area contributed by atoms with Gasteiger partial charge in [-0.05, 0) is 29.7 Å². The van der Waals surface area contributed by atoms with Crippen molar-refractivity contribution in [1.82, 2.24) is 15.4 Å². The van der Waals surface area contributed by atoms with Crippen LogP contribution in [0.5, 0.6) is 0 Å². The van der Waals surface area contributed by atoms with E-state index in [0.717, 1.165) is 21.1 Å². The molecule has 0 bridgehead atoms. The van der Waals surface area contributed by atoms with Crippen molar-refractivity contribution in [2.45, 2.75) is 0 Å². The minimum atomic E-state index is -0.331. The van der Waals surface area contributed by atoms with Crippen LogP contribution in [0, 0.1) is 0 Å². The second-order valence-electron chi connectivity index (χ2n) is 5.77. The highest BCUT2D eigenvalue weighted by Gasteiger charge is 2.05. The van der Waals surface area contributed by atoms with Crippen LogP contribution < -0.4 is 16.3 Å². The van der Waals surface area contributed by atoms with Gasteiger partial charge in [0, 0.05) is 5.52 Å². The van der Waals surface area contributed by atoms with E-state index in [1.54, 1.807) is 6.07 Å². The molecule has 0 aliphatic carbocycles. The van der Waals surface area contributed by atoms with Gasteiger partial charge in [0.2, 0.25) is 0 Å². The monoisotopic (exact) mass is 377 g/mol. The fourth-order valence-electron chi connectivity index (χ4n) is 2.58. The Morgan fingerprint density at radius 1 is 1.19 bits per heavy atom. The molecule has 2 heterocycles. The molecule has 0 saturated carbocycles. The molecular formula is C19H15N5O2S. The van der Waals surface area contributed by atoms with Gasteiger partial charge in [0.1, 0.15) is 0 Å². The van der Waals surface area contributed by atoms with Gasteiger partial charge in [0.15, 0.2) is 5.13 Å². The molecule has 27 heavy (non-hydrogen) atoms. The number of hydrazone groups is 1. The zero-order valence-electron chi connectivity index (χ0n) is 14.1. The van der Waals surface area contributed by atoms with Crippen LogP contribution >= 0.6 is 11.3 Å². The van der Waals surface area contributed by atoms with Crippen molar-refractivity contribution in [3.05, 3.63) is 70.5 Å². The number of pyridine rings is 1. The number of hydrogen-bond acceptors (Lipinski definition) is 6. The van der Waals surface area contributed by atoms with E-state index >= 15 is 0 Å². The van der Waals surface area contributed by atoms with Gasteiger partial charge in [-0.1, -0.05) is 41.7 Å². The molecule has 4 rings (SSSR count). The van der Waals surface area contributed by atoms with Gasteiger partial charge in [-0.2, -0.15) is 5.10 Å². The van der Waals surface area contributed by atoms with E-state index in [0.29, 0.717) is 10.7 Å². The second kappa shape index (κ2) is 7.38. The number of thiazole rings is 1. The maximum Gasteiger partial charge on any atom is 0.259 e. The molecule has 134 valence electrons. The molecule has 0 spiro atoms. The number of nitrogens with zero attached hydrogens (tertiary/aromatic N) is 2. The molecule has 0 aliphatic heterocycles. The predicted octanol–water partition coefficient (Wildman–Crippen LogP) is 2.70. The smallest absolute Gasteiger partial charge is 0.259 e. The van der Waals surface area contributed by atoms with Crippen LogP contribution in [0.3, 0.4) is 0 Å². The molecule has 0 unspecified atom stereocenters. The first-order valence-electron chi connectivity index (χ1n) is 8.22. The summed E-state index contributed by atoms with van der Waals surface area (Å²) in [7, 11) is 0. The van der Waals surface area contributed by atoms with Gasteiger partial charge in [0.05, 0.1) is 28.5 Å². The Kier molecular flexibility index (Phi) is 4.63. The number of fused-ring (bicyclic) bond motifs is 2. The number of hydrogen-bond donors (Lipinski definition) is 3. The average molecular weight is 377 g/mol. The first-order chi connectivity index (χ1) is 13.2. The number of benzene rings is 2. The fraction of sp³-hybridized carbons (Fsp3) is 0.0526. The summed E-state index contributed by atoms with van der Waals surface area (Å²) in [6.07, 6.45) is 1.33. The number of anilines is 1. The van der Waals surface area contributed by atoms with Crippen molar-refractivity contribution in [3.63, 3.8) is 0 Å². The van der Waals surface area contributed by atoms with Crippen LogP contribution in [0.15, 0.2) is 64.5 Å². The Labute approximate surface area is 157 Å². The number of para-hydroxylation sites is 2.